The molecule has 1 amide bonds. The van der Waals surface area contributed by atoms with Gasteiger partial charge in [-0.1, -0.05) is 12.1 Å². The predicted octanol–water partition coefficient (Wildman–Crippen LogP) is 2.74. The quantitative estimate of drug-likeness (QED) is 0.157. The molecule has 3 heterocycles. The van der Waals surface area contributed by atoms with Crippen LogP contribution in [0.5, 0.6) is 0 Å². The molecule has 4 rings (SSSR count). The zero-order chi connectivity index (χ0) is 27.6. The van der Waals surface area contributed by atoms with E-state index in [1.165, 1.54) is 47.3 Å². The second-order valence-corrected chi connectivity index (χ2v) is 8.41. The minimum atomic E-state index is -0.809. The number of fused-ring (bicyclic) bond motifs is 2. The molecule has 0 spiro atoms. The van der Waals surface area contributed by atoms with E-state index in [1.807, 2.05) is 0 Å². The monoisotopic (exact) mass is 519 g/mol. The number of amides is 1. The molecule has 0 aliphatic rings. The van der Waals surface area contributed by atoms with Crippen LogP contribution in [0.15, 0.2) is 52.4 Å². The van der Waals surface area contributed by atoms with Crippen molar-refractivity contribution in [3.8, 4) is 0 Å². The first-order valence-electron chi connectivity index (χ1n) is 11.7. The molecule has 0 bridgehead atoms. The zero-order valence-electron chi connectivity index (χ0n) is 21.3. The van der Waals surface area contributed by atoms with E-state index in [9.17, 15) is 24.5 Å². The number of hydrogen-bond acceptors (Lipinski definition) is 8. The van der Waals surface area contributed by atoms with Crippen molar-refractivity contribution < 1.29 is 24.0 Å². The maximum absolute atomic E-state index is 13.5. The van der Waals surface area contributed by atoms with Gasteiger partial charge in [-0.3, -0.25) is 24.1 Å². The summed E-state index contributed by atoms with van der Waals surface area (Å²) in [6, 6.07) is 8.92. The number of pyridine rings is 2. The summed E-state index contributed by atoms with van der Waals surface area (Å²) < 4.78 is 13.3. The molecule has 0 atom stereocenters. The summed E-state index contributed by atoms with van der Waals surface area (Å²) in [5.41, 5.74) is 0.564. The summed E-state index contributed by atoms with van der Waals surface area (Å²) >= 11 is 0. The third kappa shape index (κ3) is 4.68. The number of nitro groups is 1. The Bertz CT molecular complexity index is 1740. The fourth-order valence-electron chi connectivity index (χ4n) is 4.17. The molecule has 0 aliphatic heterocycles. The van der Waals surface area contributed by atoms with Crippen LogP contribution in [-0.2, 0) is 16.0 Å². The van der Waals surface area contributed by atoms with Gasteiger partial charge in [-0.05, 0) is 44.5 Å². The van der Waals surface area contributed by atoms with Gasteiger partial charge in [0.05, 0.1) is 29.1 Å². The maximum Gasteiger partial charge on any atom is 0.341 e. The number of nitro benzene ring substituents is 1. The van der Waals surface area contributed by atoms with Crippen LogP contribution >= 0.6 is 0 Å². The average molecular weight is 520 g/mol. The first kappa shape index (κ1) is 26.4. The van der Waals surface area contributed by atoms with Crippen molar-refractivity contribution in [2.75, 3.05) is 20.3 Å². The van der Waals surface area contributed by atoms with Crippen molar-refractivity contribution >= 4 is 34.2 Å². The molecule has 0 N–H and O–H groups in total. The largest absolute Gasteiger partial charge is 0.462 e. The van der Waals surface area contributed by atoms with E-state index in [4.69, 9.17) is 14.5 Å². The molecule has 12 heteroatoms. The van der Waals surface area contributed by atoms with Gasteiger partial charge in [0, 0.05) is 31.5 Å². The van der Waals surface area contributed by atoms with Crippen molar-refractivity contribution in [3.05, 3.63) is 90.8 Å². The van der Waals surface area contributed by atoms with Gasteiger partial charge < -0.3 is 14.0 Å². The molecule has 3 aromatic heterocycles. The molecule has 0 aliphatic carbocycles. The van der Waals surface area contributed by atoms with E-state index >= 15 is 0 Å². The maximum atomic E-state index is 13.5. The summed E-state index contributed by atoms with van der Waals surface area (Å²) in [6.07, 6.45) is 1.58. The molecule has 196 valence electrons. The Kier molecular flexibility index (Phi) is 7.44. The summed E-state index contributed by atoms with van der Waals surface area (Å²) in [5.74, 6) is -1.60. The smallest absolute Gasteiger partial charge is 0.341 e. The SMILES string of the molecule is CCOC(=O)c1cc2c(=O)n3cccc(C)c3nc2n(CCOC)c1=NC(=O)c1cccc([N+](=O)[O-])c1C. The van der Waals surface area contributed by atoms with Gasteiger partial charge in [0.1, 0.15) is 16.9 Å². The Morgan fingerprint density at radius 1 is 1.13 bits per heavy atom. The van der Waals surface area contributed by atoms with Crippen LogP contribution in [0, 0.1) is 24.0 Å². The molecular formula is C26H25N5O7. The molecule has 4 aromatic rings. The van der Waals surface area contributed by atoms with Gasteiger partial charge in [0.2, 0.25) is 0 Å². The van der Waals surface area contributed by atoms with Crippen LogP contribution in [0.3, 0.4) is 0 Å². The number of esters is 1. The van der Waals surface area contributed by atoms with Gasteiger partial charge in [0.15, 0.2) is 5.49 Å². The summed E-state index contributed by atoms with van der Waals surface area (Å²) in [7, 11) is 1.48. The van der Waals surface area contributed by atoms with Crippen LogP contribution in [0.25, 0.3) is 16.7 Å². The molecule has 1 aromatic carbocycles. The number of nitrogens with zero attached hydrogens (tertiary/aromatic N) is 5. The molecule has 38 heavy (non-hydrogen) atoms. The fraction of sp³-hybridized carbons (Fsp3) is 0.269. The van der Waals surface area contributed by atoms with Crippen molar-refractivity contribution in [3.63, 3.8) is 0 Å². The predicted molar refractivity (Wildman–Crippen MR) is 137 cm³/mol. The highest BCUT2D eigenvalue weighted by Gasteiger charge is 2.22. The third-order valence-electron chi connectivity index (χ3n) is 6.06. The second-order valence-electron chi connectivity index (χ2n) is 8.41. The van der Waals surface area contributed by atoms with Crippen molar-refractivity contribution in [2.24, 2.45) is 4.99 Å². The van der Waals surface area contributed by atoms with E-state index < -0.39 is 22.4 Å². The van der Waals surface area contributed by atoms with E-state index in [1.54, 1.807) is 32.2 Å². The van der Waals surface area contributed by atoms with E-state index in [-0.39, 0.29) is 58.7 Å². The lowest BCUT2D eigenvalue weighted by atomic mass is 10.1. The Morgan fingerprint density at radius 3 is 2.58 bits per heavy atom. The standard InChI is InChI=1S/C26H25N5O7/c1-5-38-26(34)19-14-18-22(27-21-15(2)8-7-11-30(21)25(18)33)29(12-13-37-4)23(19)28-24(32)17-9-6-10-20(16(17)3)31(35)36/h6-11,14H,5,12-13H2,1-4H3. The Morgan fingerprint density at radius 2 is 1.89 bits per heavy atom. The number of carbonyl (C=O) groups is 2. The number of hydrogen-bond donors (Lipinski definition) is 0. The molecule has 12 nitrogen and oxygen atoms in total. The van der Waals surface area contributed by atoms with Crippen LogP contribution < -0.4 is 11.0 Å². The molecule has 0 saturated carbocycles. The van der Waals surface area contributed by atoms with Gasteiger partial charge in [-0.2, -0.15) is 4.99 Å². The lowest BCUT2D eigenvalue weighted by Crippen LogP contribution is -2.33. The van der Waals surface area contributed by atoms with Crippen LogP contribution in [0.1, 0.15) is 38.8 Å². The van der Waals surface area contributed by atoms with E-state index in [0.29, 0.717) is 5.65 Å². The minimum Gasteiger partial charge on any atom is -0.462 e. The average Bonchev–Trinajstić information content (AvgIpc) is 2.88. The van der Waals surface area contributed by atoms with Crippen molar-refractivity contribution in [1.29, 1.82) is 0 Å². The van der Waals surface area contributed by atoms with Crippen LogP contribution in [0.4, 0.5) is 5.69 Å². The Balaban J connectivity index is 2.14. The van der Waals surface area contributed by atoms with Gasteiger partial charge >= 0.3 is 5.97 Å². The first-order valence-corrected chi connectivity index (χ1v) is 11.7. The van der Waals surface area contributed by atoms with Crippen LogP contribution in [-0.4, -0.2) is 51.1 Å². The van der Waals surface area contributed by atoms with Crippen molar-refractivity contribution in [2.45, 2.75) is 27.3 Å². The summed E-state index contributed by atoms with van der Waals surface area (Å²) in [5, 5.41) is 11.5. The molecule has 0 fully saturated rings. The van der Waals surface area contributed by atoms with E-state index in [2.05, 4.69) is 4.99 Å². The number of rotatable bonds is 7. The summed E-state index contributed by atoms with van der Waals surface area (Å²) in [6.45, 7) is 5.16. The number of benzene rings is 1. The van der Waals surface area contributed by atoms with Crippen LogP contribution in [0.2, 0.25) is 0 Å². The number of methoxy groups -OCH3 is 1. The highest BCUT2D eigenvalue weighted by atomic mass is 16.6. The fourth-order valence-corrected chi connectivity index (χ4v) is 4.17. The van der Waals surface area contributed by atoms with Crippen molar-refractivity contribution in [1.82, 2.24) is 14.0 Å². The Labute approximate surface area is 215 Å². The number of ether oxygens (including phenoxy) is 2. The van der Waals surface area contributed by atoms with Gasteiger partial charge in [0.25, 0.3) is 17.2 Å². The van der Waals surface area contributed by atoms with Gasteiger partial charge in [-0.25, -0.2) is 9.78 Å². The summed E-state index contributed by atoms with van der Waals surface area (Å²) in [4.78, 5) is 59.6. The number of carbonyl (C=O) groups excluding carboxylic acids is 2. The normalized spacial score (nSPS) is 11.7. The molecule has 0 saturated heterocycles. The highest BCUT2D eigenvalue weighted by Crippen LogP contribution is 2.22. The topological polar surface area (TPSA) is 147 Å². The molecule has 0 unspecified atom stereocenters. The zero-order valence-corrected chi connectivity index (χ0v) is 21.3. The first-order chi connectivity index (χ1) is 18.2. The number of aryl methyl sites for hydroxylation is 1. The van der Waals surface area contributed by atoms with Gasteiger partial charge in [-0.15, -0.1) is 0 Å². The highest BCUT2D eigenvalue weighted by molar-refractivity contribution is 5.98. The Hall–Kier alpha value is -4.71. The molecule has 0 radical (unpaired) electrons. The number of aromatic nitrogens is 3. The van der Waals surface area contributed by atoms with E-state index in [0.717, 1.165) is 5.56 Å². The lowest BCUT2D eigenvalue weighted by molar-refractivity contribution is -0.385. The molecular weight excluding hydrogens is 494 g/mol. The third-order valence-corrected chi connectivity index (χ3v) is 6.06. The lowest BCUT2D eigenvalue weighted by Gasteiger charge is -2.15. The minimum absolute atomic E-state index is 0.00483. The second kappa shape index (κ2) is 10.7.